The van der Waals surface area contributed by atoms with E-state index in [2.05, 4.69) is 34.4 Å². The van der Waals surface area contributed by atoms with Gasteiger partial charge in [0.25, 0.3) is 0 Å². The second-order valence-corrected chi connectivity index (χ2v) is 5.56. The van der Waals surface area contributed by atoms with E-state index in [9.17, 15) is 0 Å². The highest BCUT2D eigenvalue weighted by Crippen LogP contribution is 2.19. The number of ether oxygens (including phenoxy) is 1. The van der Waals surface area contributed by atoms with Gasteiger partial charge in [-0.2, -0.15) is 0 Å². The third-order valence-electron chi connectivity index (χ3n) is 3.35. The molecule has 5 nitrogen and oxygen atoms in total. The third kappa shape index (κ3) is 4.91. The fourth-order valence-electron chi connectivity index (χ4n) is 2.07. The number of benzene rings is 1. The minimum Gasteiger partial charge on any atom is -0.496 e. The van der Waals surface area contributed by atoms with Gasteiger partial charge >= 0.3 is 0 Å². The molecule has 1 heterocycles. The predicted molar refractivity (Wildman–Crippen MR) is 90.3 cm³/mol. The molecular weight excluding hydrogens is 276 g/mol. The molecule has 0 aliphatic rings. The van der Waals surface area contributed by atoms with Crippen molar-refractivity contribution in [2.45, 2.75) is 26.8 Å². The van der Waals surface area contributed by atoms with E-state index in [0.717, 1.165) is 35.9 Å². The number of rotatable bonds is 8. The van der Waals surface area contributed by atoms with Crippen LogP contribution in [0.25, 0.3) is 0 Å². The van der Waals surface area contributed by atoms with Gasteiger partial charge in [0, 0.05) is 24.7 Å². The van der Waals surface area contributed by atoms with Gasteiger partial charge in [-0.05, 0) is 18.4 Å². The molecule has 0 saturated carbocycles. The zero-order valence-electron chi connectivity index (χ0n) is 13.5. The molecule has 2 aromatic rings. The van der Waals surface area contributed by atoms with E-state index in [1.807, 2.05) is 30.3 Å². The quantitative estimate of drug-likeness (QED) is 0.780. The average molecular weight is 300 g/mol. The van der Waals surface area contributed by atoms with E-state index < -0.39 is 0 Å². The Bertz CT molecular complexity index is 586. The molecule has 2 N–H and O–H groups in total. The molecule has 0 spiro atoms. The molecular formula is C17H24N4O. The van der Waals surface area contributed by atoms with E-state index in [4.69, 9.17) is 4.74 Å². The van der Waals surface area contributed by atoms with Crippen molar-refractivity contribution in [1.82, 2.24) is 9.97 Å². The highest BCUT2D eigenvalue weighted by molar-refractivity contribution is 5.47. The second kappa shape index (κ2) is 8.22. The summed E-state index contributed by atoms with van der Waals surface area (Å²) in [6, 6.07) is 9.88. The van der Waals surface area contributed by atoms with Gasteiger partial charge in [0.05, 0.1) is 7.11 Å². The molecule has 1 aromatic heterocycles. The Morgan fingerprint density at radius 3 is 2.55 bits per heavy atom. The Balaban J connectivity index is 1.92. The van der Waals surface area contributed by atoms with Crippen molar-refractivity contribution in [1.29, 1.82) is 0 Å². The summed E-state index contributed by atoms with van der Waals surface area (Å²) in [5.41, 5.74) is 1.10. The summed E-state index contributed by atoms with van der Waals surface area (Å²) in [4.78, 5) is 8.49. The highest BCUT2D eigenvalue weighted by atomic mass is 16.5. The largest absolute Gasteiger partial charge is 0.496 e. The van der Waals surface area contributed by atoms with Gasteiger partial charge in [0.2, 0.25) is 0 Å². The van der Waals surface area contributed by atoms with Crippen LogP contribution in [0.5, 0.6) is 5.75 Å². The lowest BCUT2D eigenvalue weighted by Crippen LogP contribution is -2.08. The van der Waals surface area contributed by atoms with E-state index >= 15 is 0 Å². The molecule has 0 aliphatic carbocycles. The van der Waals surface area contributed by atoms with Crippen molar-refractivity contribution in [3.05, 3.63) is 42.2 Å². The molecule has 118 valence electrons. The van der Waals surface area contributed by atoms with Gasteiger partial charge in [-0.3, -0.25) is 0 Å². The summed E-state index contributed by atoms with van der Waals surface area (Å²) in [6.45, 7) is 6.00. The van der Waals surface area contributed by atoms with Crippen LogP contribution in [0.3, 0.4) is 0 Å². The van der Waals surface area contributed by atoms with Crippen molar-refractivity contribution in [3.8, 4) is 5.75 Å². The van der Waals surface area contributed by atoms with Crippen LogP contribution in [0.2, 0.25) is 0 Å². The first-order valence-corrected chi connectivity index (χ1v) is 7.60. The van der Waals surface area contributed by atoms with E-state index in [0.29, 0.717) is 12.5 Å². The Hall–Kier alpha value is -2.30. The predicted octanol–water partition coefficient (Wildman–Crippen LogP) is 3.56. The van der Waals surface area contributed by atoms with Crippen LogP contribution >= 0.6 is 0 Å². The van der Waals surface area contributed by atoms with Crippen LogP contribution < -0.4 is 15.4 Å². The molecule has 0 saturated heterocycles. The van der Waals surface area contributed by atoms with E-state index in [1.54, 1.807) is 13.4 Å². The minimum atomic E-state index is 0.659. The molecule has 1 aromatic carbocycles. The zero-order chi connectivity index (χ0) is 15.8. The van der Waals surface area contributed by atoms with Gasteiger partial charge in [-0.1, -0.05) is 32.0 Å². The average Bonchev–Trinajstić information content (AvgIpc) is 2.53. The highest BCUT2D eigenvalue weighted by Gasteiger charge is 2.03. The Morgan fingerprint density at radius 1 is 1.09 bits per heavy atom. The maximum absolute atomic E-state index is 5.35. The monoisotopic (exact) mass is 300 g/mol. The summed E-state index contributed by atoms with van der Waals surface area (Å²) in [7, 11) is 1.68. The van der Waals surface area contributed by atoms with Gasteiger partial charge in [-0.25, -0.2) is 9.97 Å². The molecule has 5 heteroatoms. The summed E-state index contributed by atoms with van der Waals surface area (Å²) in [5, 5.41) is 6.63. The third-order valence-corrected chi connectivity index (χ3v) is 3.35. The normalized spacial score (nSPS) is 10.5. The maximum Gasteiger partial charge on any atom is 0.131 e. The fourth-order valence-corrected chi connectivity index (χ4v) is 2.07. The SMILES string of the molecule is COc1ccccc1CNc1cc(NCCC(C)C)ncn1. The minimum absolute atomic E-state index is 0.659. The lowest BCUT2D eigenvalue weighted by atomic mass is 10.1. The van der Waals surface area contributed by atoms with Gasteiger partial charge < -0.3 is 15.4 Å². The lowest BCUT2D eigenvalue weighted by Gasteiger charge is -2.11. The number of hydrogen-bond acceptors (Lipinski definition) is 5. The van der Waals surface area contributed by atoms with Gasteiger partial charge in [-0.15, -0.1) is 0 Å². The Kier molecular flexibility index (Phi) is 6.01. The van der Waals surface area contributed by atoms with Crippen LogP contribution in [0.4, 0.5) is 11.6 Å². The maximum atomic E-state index is 5.35. The van der Waals surface area contributed by atoms with Crippen LogP contribution in [0.1, 0.15) is 25.8 Å². The number of nitrogens with one attached hydrogen (secondary N) is 2. The number of methoxy groups -OCH3 is 1. The smallest absolute Gasteiger partial charge is 0.131 e. The van der Waals surface area contributed by atoms with Crippen molar-refractivity contribution in [2.24, 2.45) is 5.92 Å². The topological polar surface area (TPSA) is 59.1 Å². The molecule has 2 rings (SSSR count). The summed E-state index contributed by atoms with van der Waals surface area (Å²) < 4.78 is 5.35. The summed E-state index contributed by atoms with van der Waals surface area (Å²) >= 11 is 0. The molecule has 0 unspecified atom stereocenters. The van der Waals surface area contributed by atoms with E-state index in [1.165, 1.54) is 0 Å². The molecule has 0 radical (unpaired) electrons. The van der Waals surface area contributed by atoms with Crippen molar-refractivity contribution in [3.63, 3.8) is 0 Å². The number of aromatic nitrogens is 2. The Labute approximate surface area is 132 Å². The second-order valence-electron chi connectivity index (χ2n) is 5.56. The molecule has 0 fully saturated rings. The Morgan fingerprint density at radius 2 is 1.82 bits per heavy atom. The summed E-state index contributed by atoms with van der Waals surface area (Å²) in [6.07, 6.45) is 2.69. The van der Waals surface area contributed by atoms with Crippen LogP contribution in [-0.4, -0.2) is 23.6 Å². The number of nitrogens with zero attached hydrogens (tertiary/aromatic N) is 2. The standard InChI is InChI=1S/C17H24N4O/c1-13(2)8-9-18-16-10-17(21-12-20-16)19-11-14-6-4-5-7-15(14)22-3/h4-7,10,12-13H,8-9,11H2,1-3H3,(H2,18,19,20,21). The van der Waals surface area contributed by atoms with Crippen LogP contribution in [0.15, 0.2) is 36.7 Å². The van der Waals surface area contributed by atoms with Crippen LogP contribution in [-0.2, 0) is 6.54 Å². The fraction of sp³-hybridized carbons (Fsp3) is 0.412. The molecule has 0 amide bonds. The van der Waals surface area contributed by atoms with E-state index in [-0.39, 0.29) is 0 Å². The first-order chi connectivity index (χ1) is 10.7. The number of anilines is 2. The number of hydrogen-bond donors (Lipinski definition) is 2. The summed E-state index contributed by atoms with van der Waals surface area (Å²) in [5.74, 6) is 3.20. The van der Waals surface area contributed by atoms with Crippen molar-refractivity contribution >= 4 is 11.6 Å². The van der Waals surface area contributed by atoms with Gasteiger partial charge in [0.15, 0.2) is 0 Å². The first-order valence-electron chi connectivity index (χ1n) is 7.60. The first kappa shape index (κ1) is 16.1. The van der Waals surface area contributed by atoms with Crippen molar-refractivity contribution < 1.29 is 4.74 Å². The van der Waals surface area contributed by atoms with Crippen LogP contribution in [0, 0.1) is 5.92 Å². The van der Waals surface area contributed by atoms with Gasteiger partial charge in [0.1, 0.15) is 23.7 Å². The molecule has 0 bridgehead atoms. The number of para-hydroxylation sites is 1. The molecule has 0 aliphatic heterocycles. The van der Waals surface area contributed by atoms with Crippen molar-refractivity contribution in [2.75, 3.05) is 24.3 Å². The molecule has 22 heavy (non-hydrogen) atoms. The lowest BCUT2D eigenvalue weighted by molar-refractivity contribution is 0.410. The molecule has 0 atom stereocenters. The zero-order valence-corrected chi connectivity index (χ0v) is 13.5.